The molecule has 1 aliphatic heterocycles. The third-order valence-corrected chi connectivity index (χ3v) is 5.36. The van der Waals surface area contributed by atoms with Gasteiger partial charge in [-0.1, -0.05) is 12.8 Å². The molecule has 92 valence electrons. The average Bonchev–Trinajstić information content (AvgIpc) is 2.87. The van der Waals surface area contributed by atoms with Crippen molar-refractivity contribution in [2.75, 3.05) is 5.32 Å². The van der Waals surface area contributed by atoms with Gasteiger partial charge in [-0.25, -0.2) is 4.99 Å². The molecule has 1 fully saturated rings. The Bertz CT molecular complexity index is 435. The number of hydrogen-bond donors (Lipinski definition) is 2. The summed E-state index contributed by atoms with van der Waals surface area (Å²) in [6.07, 6.45) is 5.13. The molecule has 5 heteroatoms. The van der Waals surface area contributed by atoms with E-state index in [-0.39, 0.29) is 0 Å². The number of anilines is 1. The molecule has 3 nitrogen and oxygen atoms in total. The van der Waals surface area contributed by atoms with E-state index in [1.165, 1.54) is 31.2 Å². The van der Waals surface area contributed by atoms with E-state index in [1.807, 2.05) is 0 Å². The molecule has 0 aromatic carbocycles. The fourth-order valence-corrected chi connectivity index (χ4v) is 3.98. The second-order valence-electron chi connectivity index (χ2n) is 4.77. The number of guanidine groups is 1. The first-order valence-electron chi connectivity index (χ1n) is 6.09. The van der Waals surface area contributed by atoms with Gasteiger partial charge in [0, 0.05) is 0 Å². The van der Waals surface area contributed by atoms with Crippen LogP contribution in [0.1, 0.15) is 31.2 Å². The SMILES string of the molecule is Cc1csc(Br)c1NC1=NC2CCCCC2N1. The fraction of sp³-hybridized carbons (Fsp3) is 0.583. The fourth-order valence-electron chi connectivity index (χ4n) is 2.56. The van der Waals surface area contributed by atoms with Crippen LogP contribution in [0.5, 0.6) is 0 Å². The molecule has 0 amide bonds. The van der Waals surface area contributed by atoms with E-state index in [0.29, 0.717) is 12.1 Å². The topological polar surface area (TPSA) is 36.4 Å². The number of hydrogen-bond acceptors (Lipinski definition) is 4. The van der Waals surface area contributed by atoms with E-state index in [9.17, 15) is 0 Å². The number of halogens is 1. The van der Waals surface area contributed by atoms with Crippen LogP contribution in [0, 0.1) is 6.92 Å². The van der Waals surface area contributed by atoms with Gasteiger partial charge in [0.2, 0.25) is 0 Å². The zero-order valence-corrected chi connectivity index (χ0v) is 12.2. The van der Waals surface area contributed by atoms with Gasteiger partial charge in [0.15, 0.2) is 5.96 Å². The molecule has 2 heterocycles. The number of thiophene rings is 1. The Morgan fingerprint density at radius 3 is 3.00 bits per heavy atom. The van der Waals surface area contributed by atoms with Crippen LogP contribution in [0.15, 0.2) is 14.2 Å². The van der Waals surface area contributed by atoms with Crippen molar-refractivity contribution in [1.29, 1.82) is 0 Å². The summed E-state index contributed by atoms with van der Waals surface area (Å²) in [5.74, 6) is 0.948. The molecule has 0 spiro atoms. The highest BCUT2D eigenvalue weighted by Crippen LogP contribution is 2.33. The molecule has 0 radical (unpaired) electrons. The van der Waals surface area contributed by atoms with Gasteiger partial charge in [0.1, 0.15) is 0 Å². The summed E-state index contributed by atoms with van der Waals surface area (Å²) in [4.78, 5) is 4.75. The minimum absolute atomic E-state index is 0.490. The zero-order chi connectivity index (χ0) is 11.8. The van der Waals surface area contributed by atoms with Crippen LogP contribution in [0.25, 0.3) is 0 Å². The predicted octanol–water partition coefficient (Wildman–Crippen LogP) is 3.50. The Labute approximate surface area is 114 Å². The van der Waals surface area contributed by atoms with Crippen molar-refractivity contribution in [1.82, 2.24) is 5.32 Å². The molecular formula is C12H16BrN3S. The Kier molecular flexibility index (Phi) is 3.13. The van der Waals surface area contributed by atoms with Gasteiger partial charge in [0.05, 0.1) is 21.6 Å². The molecule has 2 aliphatic rings. The molecule has 1 aromatic rings. The Morgan fingerprint density at radius 1 is 1.47 bits per heavy atom. The second-order valence-corrected chi connectivity index (χ2v) is 6.97. The summed E-state index contributed by atoms with van der Waals surface area (Å²) in [6.45, 7) is 2.12. The predicted molar refractivity (Wildman–Crippen MR) is 77.0 cm³/mol. The summed E-state index contributed by atoms with van der Waals surface area (Å²) in [5.41, 5.74) is 2.42. The number of fused-ring (bicyclic) bond motifs is 1. The van der Waals surface area contributed by atoms with Crippen molar-refractivity contribution in [2.45, 2.75) is 44.7 Å². The minimum Gasteiger partial charge on any atom is -0.351 e. The van der Waals surface area contributed by atoms with Crippen molar-refractivity contribution >= 4 is 38.9 Å². The molecule has 0 saturated heterocycles. The van der Waals surface area contributed by atoms with Crippen LogP contribution in [0.2, 0.25) is 0 Å². The van der Waals surface area contributed by atoms with Crippen molar-refractivity contribution in [2.24, 2.45) is 4.99 Å². The molecule has 2 atom stereocenters. The van der Waals surface area contributed by atoms with E-state index < -0.39 is 0 Å². The third kappa shape index (κ3) is 2.22. The molecule has 2 unspecified atom stereocenters. The standard InChI is InChI=1S/C12H16BrN3S/c1-7-6-17-11(13)10(7)16-12-14-8-4-2-3-5-9(8)15-12/h6,8-9H,2-5H2,1H3,(H2,14,15,16). The highest BCUT2D eigenvalue weighted by Gasteiger charge is 2.31. The molecule has 1 saturated carbocycles. The first kappa shape index (κ1) is 11.5. The van der Waals surface area contributed by atoms with Crippen LogP contribution in [-0.4, -0.2) is 18.0 Å². The van der Waals surface area contributed by atoms with Gasteiger partial charge in [-0.2, -0.15) is 0 Å². The molecule has 17 heavy (non-hydrogen) atoms. The molecule has 3 rings (SSSR count). The highest BCUT2D eigenvalue weighted by atomic mass is 79.9. The smallest absolute Gasteiger partial charge is 0.196 e. The van der Waals surface area contributed by atoms with E-state index in [1.54, 1.807) is 11.3 Å². The van der Waals surface area contributed by atoms with Gasteiger partial charge in [0.25, 0.3) is 0 Å². The van der Waals surface area contributed by atoms with Gasteiger partial charge >= 0.3 is 0 Å². The highest BCUT2D eigenvalue weighted by molar-refractivity contribution is 9.11. The van der Waals surface area contributed by atoms with E-state index in [0.717, 1.165) is 15.4 Å². The van der Waals surface area contributed by atoms with Crippen LogP contribution >= 0.6 is 27.3 Å². The lowest BCUT2D eigenvalue weighted by Gasteiger charge is -2.23. The first-order valence-corrected chi connectivity index (χ1v) is 7.76. The van der Waals surface area contributed by atoms with Crippen molar-refractivity contribution < 1.29 is 0 Å². The van der Waals surface area contributed by atoms with Gasteiger partial charge < -0.3 is 10.6 Å². The van der Waals surface area contributed by atoms with Crippen molar-refractivity contribution in [3.8, 4) is 0 Å². The molecule has 2 N–H and O–H groups in total. The largest absolute Gasteiger partial charge is 0.351 e. The Morgan fingerprint density at radius 2 is 2.29 bits per heavy atom. The summed E-state index contributed by atoms with van der Waals surface area (Å²) in [5, 5.41) is 9.07. The van der Waals surface area contributed by atoms with E-state index in [2.05, 4.69) is 38.9 Å². The molecular weight excluding hydrogens is 298 g/mol. The summed E-state index contributed by atoms with van der Waals surface area (Å²) >= 11 is 5.29. The normalized spacial score (nSPS) is 27.3. The molecule has 0 bridgehead atoms. The van der Waals surface area contributed by atoms with Crippen LogP contribution in [-0.2, 0) is 0 Å². The van der Waals surface area contributed by atoms with Crippen molar-refractivity contribution in [3.63, 3.8) is 0 Å². The number of aliphatic imine (C=N–C) groups is 1. The van der Waals surface area contributed by atoms with Gasteiger partial charge in [-0.05, 0) is 46.6 Å². The number of rotatable bonds is 1. The lowest BCUT2D eigenvalue weighted by atomic mass is 9.92. The minimum atomic E-state index is 0.490. The van der Waals surface area contributed by atoms with Crippen LogP contribution < -0.4 is 10.6 Å². The van der Waals surface area contributed by atoms with E-state index in [4.69, 9.17) is 4.99 Å². The van der Waals surface area contributed by atoms with Crippen LogP contribution in [0.4, 0.5) is 5.69 Å². The maximum Gasteiger partial charge on any atom is 0.196 e. The van der Waals surface area contributed by atoms with Gasteiger partial charge in [-0.3, -0.25) is 0 Å². The molecule has 1 aromatic heterocycles. The number of aryl methyl sites for hydroxylation is 1. The lowest BCUT2D eigenvalue weighted by molar-refractivity contribution is 0.384. The zero-order valence-electron chi connectivity index (χ0n) is 9.79. The maximum absolute atomic E-state index is 4.75. The summed E-state index contributed by atoms with van der Waals surface area (Å²) in [6, 6.07) is 1.05. The monoisotopic (exact) mass is 313 g/mol. The van der Waals surface area contributed by atoms with E-state index >= 15 is 0 Å². The molecule has 1 aliphatic carbocycles. The maximum atomic E-state index is 4.75. The average molecular weight is 314 g/mol. The Hall–Kier alpha value is -0.550. The quantitative estimate of drug-likeness (QED) is 0.832. The Balaban J connectivity index is 1.74. The number of nitrogens with zero attached hydrogens (tertiary/aromatic N) is 1. The lowest BCUT2D eigenvalue weighted by Crippen LogP contribution is -2.38. The van der Waals surface area contributed by atoms with Crippen LogP contribution in [0.3, 0.4) is 0 Å². The summed E-state index contributed by atoms with van der Waals surface area (Å²) < 4.78 is 1.15. The second kappa shape index (κ2) is 4.61. The van der Waals surface area contributed by atoms with Crippen molar-refractivity contribution in [3.05, 3.63) is 14.7 Å². The summed E-state index contributed by atoms with van der Waals surface area (Å²) in [7, 11) is 0. The first-order chi connectivity index (χ1) is 8.24. The van der Waals surface area contributed by atoms with Gasteiger partial charge in [-0.15, -0.1) is 11.3 Å². The number of nitrogens with one attached hydrogen (secondary N) is 2. The third-order valence-electron chi connectivity index (χ3n) is 3.52.